The molecule has 0 bridgehead atoms. The highest BCUT2D eigenvalue weighted by atomic mass is 19.1. The molecule has 1 saturated heterocycles. The molecule has 2 rings (SSSR count). The van der Waals surface area contributed by atoms with Gasteiger partial charge in [-0.25, -0.2) is 4.39 Å². The third-order valence-corrected chi connectivity index (χ3v) is 2.51. The lowest BCUT2D eigenvalue weighted by molar-refractivity contribution is -0.0209. The van der Waals surface area contributed by atoms with Gasteiger partial charge in [-0.1, -0.05) is 12.1 Å². The van der Waals surface area contributed by atoms with E-state index in [4.69, 9.17) is 4.74 Å². The van der Waals surface area contributed by atoms with E-state index in [1.807, 2.05) is 0 Å². The Kier molecular flexibility index (Phi) is 2.79. The van der Waals surface area contributed by atoms with Gasteiger partial charge in [0.05, 0.1) is 12.7 Å². The fourth-order valence-corrected chi connectivity index (χ4v) is 1.66. The van der Waals surface area contributed by atoms with E-state index in [9.17, 15) is 4.39 Å². The Morgan fingerprint density at radius 1 is 1.36 bits per heavy atom. The molecule has 0 unspecified atom stereocenters. The van der Waals surface area contributed by atoms with Crippen molar-refractivity contribution >= 4 is 0 Å². The minimum Gasteiger partial charge on any atom is -0.371 e. The predicted molar refractivity (Wildman–Crippen MR) is 52.6 cm³/mol. The maximum atomic E-state index is 12.7. The van der Waals surface area contributed by atoms with Crippen LogP contribution in [-0.2, 0) is 4.74 Å². The second-order valence-electron chi connectivity index (χ2n) is 3.67. The first-order chi connectivity index (χ1) is 6.75. The van der Waals surface area contributed by atoms with Crippen molar-refractivity contribution in [2.75, 3.05) is 26.7 Å². The van der Waals surface area contributed by atoms with Crippen molar-refractivity contribution in [1.29, 1.82) is 0 Å². The molecule has 3 heteroatoms. The van der Waals surface area contributed by atoms with Gasteiger partial charge in [0, 0.05) is 13.1 Å². The summed E-state index contributed by atoms with van der Waals surface area (Å²) in [6, 6.07) is 6.54. The molecule has 1 aliphatic rings. The summed E-state index contributed by atoms with van der Waals surface area (Å²) in [7, 11) is 2.07. The first-order valence-electron chi connectivity index (χ1n) is 4.81. The average molecular weight is 195 g/mol. The standard InChI is InChI=1S/C11H14FNO/c1-13-6-7-14-11(8-13)9-2-4-10(12)5-3-9/h2-5,11H,6-8H2,1H3/t11-/m0/s1. The summed E-state index contributed by atoms with van der Waals surface area (Å²) in [6.07, 6.45) is 0.0920. The van der Waals surface area contributed by atoms with Crippen molar-refractivity contribution in [2.24, 2.45) is 0 Å². The average Bonchev–Trinajstić information content (AvgIpc) is 2.19. The van der Waals surface area contributed by atoms with Crippen molar-refractivity contribution < 1.29 is 9.13 Å². The molecule has 1 aromatic rings. The minimum absolute atomic E-state index is 0.0920. The first kappa shape index (κ1) is 9.62. The number of hydrogen-bond acceptors (Lipinski definition) is 2. The topological polar surface area (TPSA) is 12.5 Å². The van der Waals surface area contributed by atoms with E-state index >= 15 is 0 Å². The molecule has 76 valence electrons. The molecule has 14 heavy (non-hydrogen) atoms. The van der Waals surface area contributed by atoms with Crippen molar-refractivity contribution in [3.8, 4) is 0 Å². The number of likely N-dealkylation sites (N-methyl/N-ethyl adjacent to an activating group) is 1. The number of hydrogen-bond donors (Lipinski definition) is 0. The van der Waals surface area contributed by atoms with Gasteiger partial charge < -0.3 is 9.64 Å². The molecule has 1 atom stereocenters. The summed E-state index contributed by atoms with van der Waals surface area (Å²) in [6.45, 7) is 2.60. The van der Waals surface area contributed by atoms with Crippen LogP contribution in [0.1, 0.15) is 11.7 Å². The van der Waals surface area contributed by atoms with Gasteiger partial charge in [0.2, 0.25) is 0 Å². The highest BCUT2D eigenvalue weighted by molar-refractivity contribution is 5.19. The van der Waals surface area contributed by atoms with Crippen LogP contribution in [0.4, 0.5) is 4.39 Å². The van der Waals surface area contributed by atoms with E-state index < -0.39 is 0 Å². The summed E-state index contributed by atoms with van der Waals surface area (Å²) < 4.78 is 18.3. The first-order valence-corrected chi connectivity index (χ1v) is 4.81. The van der Waals surface area contributed by atoms with Gasteiger partial charge in [-0.05, 0) is 24.7 Å². The highest BCUT2D eigenvalue weighted by Crippen LogP contribution is 2.21. The Morgan fingerprint density at radius 2 is 2.07 bits per heavy atom. The molecular weight excluding hydrogens is 181 g/mol. The van der Waals surface area contributed by atoms with Crippen LogP contribution in [0, 0.1) is 5.82 Å². The smallest absolute Gasteiger partial charge is 0.123 e. The number of halogens is 1. The van der Waals surface area contributed by atoms with E-state index in [1.54, 1.807) is 12.1 Å². The van der Waals surface area contributed by atoms with Crippen LogP contribution >= 0.6 is 0 Å². The molecular formula is C11H14FNO. The molecule has 2 nitrogen and oxygen atoms in total. The summed E-state index contributed by atoms with van der Waals surface area (Å²) in [5.74, 6) is -0.196. The van der Waals surface area contributed by atoms with Gasteiger partial charge >= 0.3 is 0 Å². The third kappa shape index (κ3) is 2.11. The zero-order valence-corrected chi connectivity index (χ0v) is 8.24. The van der Waals surface area contributed by atoms with Crippen LogP contribution in [0.5, 0.6) is 0 Å². The lowest BCUT2D eigenvalue weighted by atomic mass is 10.1. The monoisotopic (exact) mass is 195 g/mol. The van der Waals surface area contributed by atoms with E-state index in [1.165, 1.54) is 12.1 Å². The predicted octanol–water partition coefficient (Wildman–Crippen LogP) is 1.83. The van der Waals surface area contributed by atoms with Crippen LogP contribution in [0.2, 0.25) is 0 Å². The number of ether oxygens (including phenoxy) is 1. The Labute approximate surface area is 83.3 Å². The van der Waals surface area contributed by atoms with Crippen LogP contribution in [0.25, 0.3) is 0 Å². The fraction of sp³-hybridized carbons (Fsp3) is 0.455. The fourth-order valence-electron chi connectivity index (χ4n) is 1.66. The zero-order chi connectivity index (χ0) is 9.97. The van der Waals surface area contributed by atoms with Gasteiger partial charge in [-0.3, -0.25) is 0 Å². The van der Waals surface area contributed by atoms with Crippen LogP contribution < -0.4 is 0 Å². The minimum atomic E-state index is -0.196. The quantitative estimate of drug-likeness (QED) is 0.677. The lowest BCUT2D eigenvalue weighted by Gasteiger charge is -2.30. The number of rotatable bonds is 1. The third-order valence-electron chi connectivity index (χ3n) is 2.51. The normalized spacial score (nSPS) is 23.7. The number of morpholine rings is 1. The molecule has 0 aromatic heterocycles. The zero-order valence-electron chi connectivity index (χ0n) is 8.24. The summed E-state index contributed by atoms with van der Waals surface area (Å²) in [4.78, 5) is 2.22. The summed E-state index contributed by atoms with van der Waals surface area (Å²) in [5, 5.41) is 0. The molecule has 1 aliphatic heterocycles. The van der Waals surface area contributed by atoms with Gasteiger partial charge in [0.1, 0.15) is 5.82 Å². The molecule has 1 heterocycles. The molecule has 0 spiro atoms. The summed E-state index contributed by atoms with van der Waals surface area (Å²) >= 11 is 0. The lowest BCUT2D eigenvalue weighted by Crippen LogP contribution is -2.35. The van der Waals surface area contributed by atoms with Crippen LogP contribution in [-0.4, -0.2) is 31.6 Å². The number of benzene rings is 1. The number of nitrogens with zero attached hydrogens (tertiary/aromatic N) is 1. The van der Waals surface area contributed by atoms with Crippen molar-refractivity contribution in [2.45, 2.75) is 6.10 Å². The molecule has 0 aliphatic carbocycles. The molecule has 1 aromatic carbocycles. The van der Waals surface area contributed by atoms with E-state index in [0.717, 1.165) is 25.3 Å². The van der Waals surface area contributed by atoms with Gasteiger partial charge in [0.15, 0.2) is 0 Å². The SMILES string of the molecule is CN1CCO[C@H](c2ccc(F)cc2)C1. The van der Waals surface area contributed by atoms with Crippen LogP contribution in [0.15, 0.2) is 24.3 Å². The summed E-state index contributed by atoms with van der Waals surface area (Å²) in [5.41, 5.74) is 1.05. The Bertz CT molecular complexity index is 299. The Balaban J connectivity index is 2.10. The van der Waals surface area contributed by atoms with E-state index in [2.05, 4.69) is 11.9 Å². The molecule has 1 fully saturated rings. The second-order valence-corrected chi connectivity index (χ2v) is 3.67. The van der Waals surface area contributed by atoms with Crippen molar-refractivity contribution in [3.63, 3.8) is 0 Å². The van der Waals surface area contributed by atoms with E-state index in [-0.39, 0.29) is 11.9 Å². The van der Waals surface area contributed by atoms with E-state index in [0.29, 0.717) is 0 Å². The largest absolute Gasteiger partial charge is 0.371 e. The molecule has 0 radical (unpaired) electrons. The highest BCUT2D eigenvalue weighted by Gasteiger charge is 2.18. The second kappa shape index (κ2) is 4.07. The molecule has 0 N–H and O–H groups in total. The van der Waals surface area contributed by atoms with Gasteiger partial charge in [-0.15, -0.1) is 0 Å². The van der Waals surface area contributed by atoms with Crippen molar-refractivity contribution in [3.05, 3.63) is 35.6 Å². The van der Waals surface area contributed by atoms with Gasteiger partial charge in [-0.2, -0.15) is 0 Å². The van der Waals surface area contributed by atoms with Gasteiger partial charge in [0.25, 0.3) is 0 Å². The van der Waals surface area contributed by atoms with Crippen LogP contribution in [0.3, 0.4) is 0 Å². The maximum Gasteiger partial charge on any atom is 0.123 e. The van der Waals surface area contributed by atoms with Crippen molar-refractivity contribution in [1.82, 2.24) is 4.90 Å². The molecule has 0 amide bonds. The molecule has 0 saturated carbocycles. The Hall–Kier alpha value is -0.930. The maximum absolute atomic E-state index is 12.7. The Morgan fingerprint density at radius 3 is 2.71 bits per heavy atom.